The molecule has 384 valence electrons. The Morgan fingerprint density at radius 1 is 0.657 bits per heavy atom. The van der Waals surface area contributed by atoms with Gasteiger partial charge in [0.05, 0.1) is 47.0 Å². The van der Waals surface area contributed by atoms with Crippen LogP contribution < -0.4 is 20.9 Å². The minimum atomic E-state index is -4.50. The number of alkyl carbamates (subject to hydrolysis) is 1. The summed E-state index contributed by atoms with van der Waals surface area (Å²) in [5.74, 6) is -0.840. The van der Waals surface area contributed by atoms with Crippen LogP contribution in [-0.4, -0.2) is 98.5 Å². The van der Waals surface area contributed by atoms with Gasteiger partial charge in [0.1, 0.15) is 6.61 Å². The number of ether oxygens (including phenoxy) is 5. The quantitative estimate of drug-likeness (QED) is 0.0493. The molecule has 16 heteroatoms. The first-order valence-electron chi connectivity index (χ1n) is 23.9. The molecule has 4 rings (SSSR count). The summed E-state index contributed by atoms with van der Waals surface area (Å²) in [5.41, 5.74) is 1.46. The maximum Gasteiger partial charge on any atom is 0.416 e. The van der Waals surface area contributed by atoms with E-state index in [4.69, 9.17) is 23.7 Å². The van der Waals surface area contributed by atoms with Gasteiger partial charge in [0, 0.05) is 80.5 Å². The predicted molar refractivity (Wildman–Crippen MR) is 268 cm³/mol. The Morgan fingerprint density at radius 2 is 1.29 bits per heavy atom. The third-order valence-corrected chi connectivity index (χ3v) is 11.8. The number of nitrogens with zero attached hydrogens (tertiary/aromatic N) is 2. The molecule has 0 bridgehead atoms. The number of hydrogen-bond acceptors (Lipinski definition) is 10. The van der Waals surface area contributed by atoms with E-state index >= 15 is 0 Å². The number of amides is 3. The molecule has 0 aliphatic carbocycles. The molecular formula is C54H74F3N5O8. The average molecular weight is 978 g/mol. The van der Waals surface area contributed by atoms with Crippen LogP contribution in [0.25, 0.3) is 11.3 Å². The SMILES string of the molecule is CCN(CC)c1ccc(NC(=O)c2cccc(CC(C)(C)OCCC(C)(C)OCCOC(=O)NC(C)(C)CCOC(C)(C)CCOC)c2)c(-c2cc(C(=O)NCc3cccc(C(F)(F)F)c3)ccn2)c1. The second-order valence-electron chi connectivity index (χ2n) is 19.8. The third kappa shape index (κ3) is 19.0. The van der Waals surface area contributed by atoms with E-state index in [0.717, 1.165) is 42.9 Å². The van der Waals surface area contributed by atoms with Crippen molar-refractivity contribution in [2.45, 2.75) is 130 Å². The summed E-state index contributed by atoms with van der Waals surface area (Å²) in [6.07, 6.45) is -1.07. The molecule has 0 aliphatic rings. The summed E-state index contributed by atoms with van der Waals surface area (Å²) in [7, 11) is 1.66. The topological polar surface area (TPSA) is 150 Å². The number of nitrogens with one attached hydrogen (secondary N) is 3. The molecule has 0 radical (unpaired) electrons. The normalized spacial score (nSPS) is 12.4. The Bertz CT molecular complexity index is 2330. The van der Waals surface area contributed by atoms with Gasteiger partial charge in [-0.05, 0) is 154 Å². The molecule has 0 saturated heterocycles. The number of aromatic nitrogens is 1. The van der Waals surface area contributed by atoms with Crippen LogP contribution in [0.3, 0.4) is 0 Å². The fraction of sp³-hybridized carbons (Fsp3) is 0.519. The number of anilines is 2. The van der Waals surface area contributed by atoms with Crippen molar-refractivity contribution in [3.63, 3.8) is 0 Å². The van der Waals surface area contributed by atoms with Gasteiger partial charge in [0.15, 0.2) is 0 Å². The van der Waals surface area contributed by atoms with Gasteiger partial charge in [-0.2, -0.15) is 13.2 Å². The lowest BCUT2D eigenvalue weighted by Crippen LogP contribution is -2.45. The molecule has 0 fully saturated rings. The van der Waals surface area contributed by atoms with E-state index in [0.29, 0.717) is 67.2 Å². The van der Waals surface area contributed by atoms with Gasteiger partial charge in [-0.3, -0.25) is 14.6 Å². The molecule has 4 aromatic rings. The predicted octanol–water partition coefficient (Wildman–Crippen LogP) is 11.0. The molecule has 70 heavy (non-hydrogen) atoms. The van der Waals surface area contributed by atoms with Crippen LogP contribution in [-0.2, 0) is 42.8 Å². The molecule has 1 heterocycles. The van der Waals surface area contributed by atoms with E-state index < -0.39 is 40.5 Å². The van der Waals surface area contributed by atoms with Crippen LogP contribution in [0, 0.1) is 0 Å². The van der Waals surface area contributed by atoms with Crippen LogP contribution in [0.4, 0.5) is 29.3 Å². The minimum Gasteiger partial charge on any atom is -0.447 e. The Balaban J connectivity index is 1.33. The summed E-state index contributed by atoms with van der Waals surface area (Å²) in [5, 5.41) is 8.68. The highest BCUT2D eigenvalue weighted by Gasteiger charge is 2.31. The zero-order chi connectivity index (χ0) is 51.8. The maximum absolute atomic E-state index is 14.0. The highest BCUT2D eigenvalue weighted by Crippen LogP contribution is 2.33. The first kappa shape index (κ1) is 57.0. The van der Waals surface area contributed by atoms with E-state index in [1.807, 2.05) is 106 Å². The van der Waals surface area contributed by atoms with E-state index in [-0.39, 0.29) is 36.8 Å². The van der Waals surface area contributed by atoms with Crippen molar-refractivity contribution in [2.75, 3.05) is 63.5 Å². The Hall–Kier alpha value is -5.55. The lowest BCUT2D eigenvalue weighted by atomic mass is 9.96. The summed E-state index contributed by atoms with van der Waals surface area (Å²) in [6.45, 7) is 23.0. The van der Waals surface area contributed by atoms with Crippen molar-refractivity contribution in [2.24, 2.45) is 0 Å². The summed E-state index contributed by atoms with van der Waals surface area (Å²) < 4.78 is 68.9. The van der Waals surface area contributed by atoms with Crippen LogP contribution in [0.1, 0.15) is 126 Å². The molecule has 3 aromatic carbocycles. The smallest absolute Gasteiger partial charge is 0.416 e. The summed E-state index contributed by atoms with van der Waals surface area (Å²) >= 11 is 0. The molecule has 0 saturated carbocycles. The van der Waals surface area contributed by atoms with Crippen molar-refractivity contribution >= 4 is 29.3 Å². The number of hydrogen-bond donors (Lipinski definition) is 3. The lowest BCUT2D eigenvalue weighted by molar-refractivity contribution is -0.137. The van der Waals surface area contributed by atoms with Crippen molar-refractivity contribution in [1.82, 2.24) is 15.6 Å². The zero-order valence-corrected chi connectivity index (χ0v) is 42.9. The minimum absolute atomic E-state index is 0.0887. The van der Waals surface area contributed by atoms with Gasteiger partial charge in [0.25, 0.3) is 11.8 Å². The number of alkyl halides is 3. The number of methoxy groups -OCH3 is 1. The molecule has 0 unspecified atom stereocenters. The first-order chi connectivity index (χ1) is 32.8. The van der Waals surface area contributed by atoms with Gasteiger partial charge in [0.2, 0.25) is 0 Å². The second-order valence-corrected chi connectivity index (χ2v) is 19.8. The highest BCUT2D eigenvalue weighted by molar-refractivity contribution is 6.06. The average Bonchev–Trinajstić information content (AvgIpc) is 3.29. The van der Waals surface area contributed by atoms with Crippen molar-refractivity contribution in [3.8, 4) is 11.3 Å². The fourth-order valence-electron chi connectivity index (χ4n) is 7.53. The molecule has 3 amide bonds. The van der Waals surface area contributed by atoms with Crippen LogP contribution in [0.2, 0.25) is 0 Å². The van der Waals surface area contributed by atoms with E-state index in [1.165, 1.54) is 24.4 Å². The Kier molecular flexibility index (Phi) is 20.8. The van der Waals surface area contributed by atoms with E-state index in [9.17, 15) is 27.6 Å². The summed E-state index contributed by atoms with van der Waals surface area (Å²) in [4.78, 5) is 46.5. The second kappa shape index (κ2) is 25.5. The molecule has 1 aromatic heterocycles. The Labute approximate surface area is 412 Å². The number of carbonyl (C=O) groups is 3. The summed E-state index contributed by atoms with van der Waals surface area (Å²) in [6, 6.07) is 20.9. The third-order valence-electron chi connectivity index (χ3n) is 11.8. The Morgan fingerprint density at radius 3 is 1.97 bits per heavy atom. The fourth-order valence-corrected chi connectivity index (χ4v) is 7.53. The number of carbonyl (C=O) groups excluding carboxylic acids is 3. The first-order valence-corrected chi connectivity index (χ1v) is 23.9. The standard InChI is InChI=1S/C54H74F3N5O8/c1-12-62(13-2)43-20-21-45(44(35-43)46-34-41(22-26-58-46)47(63)59-37-39-17-15-19-42(33-39)54(55,56)57)60-48(64)40-18-14-16-38(32-40)36-53(9,10)69-29-25-52(7,8)70-31-30-67-49(65)61-50(3,4)23-28-68-51(5,6)24-27-66-11/h14-22,26,32-35H,12-13,23-25,27-31,36-37H2,1-11H3,(H,59,63)(H,60,64)(H,61,65). The van der Waals surface area contributed by atoms with Crippen LogP contribution >= 0.6 is 0 Å². The van der Waals surface area contributed by atoms with Gasteiger partial charge >= 0.3 is 12.3 Å². The molecule has 0 aliphatic heterocycles. The van der Waals surface area contributed by atoms with Crippen LogP contribution in [0.5, 0.6) is 0 Å². The number of pyridine rings is 1. The van der Waals surface area contributed by atoms with E-state index in [2.05, 4.69) is 25.8 Å². The molecular weight excluding hydrogens is 904 g/mol. The van der Waals surface area contributed by atoms with Crippen molar-refractivity contribution in [1.29, 1.82) is 0 Å². The number of rotatable bonds is 27. The number of benzene rings is 3. The van der Waals surface area contributed by atoms with Crippen molar-refractivity contribution < 1.29 is 51.2 Å². The highest BCUT2D eigenvalue weighted by atomic mass is 19.4. The molecule has 0 spiro atoms. The largest absolute Gasteiger partial charge is 0.447 e. The van der Waals surface area contributed by atoms with Gasteiger partial charge in [-0.15, -0.1) is 0 Å². The zero-order valence-electron chi connectivity index (χ0n) is 42.9. The monoisotopic (exact) mass is 978 g/mol. The molecule has 13 nitrogen and oxygen atoms in total. The number of halogens is 3. The van der Waals surface area contributed by atoms with Crippen molar-refractivity contribution in [3.05, 3.63) is 113 Å². The molecule has 3 N–H and O–H groups in total. The van der Waals surface area contributed by atoms with Crippen LogP contribution in [0.15, 0.2) is 85.1 Å². The van der Waals surface area contributed by atoms with E-state index in [1.54, 1.807) is 19.2 Å². The maximum atomic E-state index is 14.0. The van der Waals surface area contributed by atoms with Gasteiger partial charge in [-0.1, -0.05) is 24.3 Å². The van der Waals surface area contributed by atoms with Gasteiger partial charge < -0.3 is 44.5 Å². The van der Waals surface area contributed by atoms with Gasteiger partial charge in [-0.25, -0.2) is 4.79 Å². The lowest BCUT2D eigenvalue weighted by Gasteiger charge is -2.30. The molecule has 0 atom stereocenters.